The highest BCUT2D eigenvalue weighted by Gasteiger charge is 2.34. The standard InChI is InChI=1S/C17H12N2O5/c20-13(21)8-19-17(24)14-15(22)11-4-3-9(6-12(11)16(14)23)10-2-1-5-18-7-10/h1-7,23H,8H2,(H,19,24)(H,20,21). The van der Waals surface area contributed by atoms with E-state index in [1.165, 1.54) is 6.07 Å². The Morgan fingerprint density at radius 3 is 2.58 bits per heavy atom. The van der Waals surface area contributed by atoms with Gasteiger partial charge in [0.2, 0.25) is 5.78 Å². The molecule has 0 aliphatic heterocycles. The van der Waals surface area contributed by atoms with Gasteiger partial charge in [-0.2, -0.15) is 0 Å². The van der Waals surface area contributed by atoms with Crippen LogP contribution in [0.25, 0.3) is 16.9 Å². The summed E-state index contributed by atoms with van der Waals surface area (Å²) in [4.78, 5) is 38.8. The number of carboxylic acid groups (broad SMARTS) is 1. The fourth-order valence-corrected chi connectivity index (χ4v) is 2.48. The molecule has 2 aromatic rings. The maximum atomic E-state index is 12.3. The topological polar surface area (TPSA) is 117 Å². The average molecular weight is 324 g/mol. The second-order valence-corrected chi connectivity index (χ2v) is 5.13. The number of Topliss-reactive ketones (excluding diaryl/α,β-unsaturated/α-hetero) is 1. The van der Waals surface area contributed by atoms with E-state index in [9.17, 15) is 19.5 Å². The molecule has 3 N–H and O–H groups in total. The van der Waals surface area contributed by atoms with Gasteiger partial charge in [-0.05, 0) is 23.8 Å². The minimum absolute atomic E-state index is 0.195. The van der Waals surface area contributed by atoms with E-state index >= 15 is 0 Å². The molecule has 0 bridgehead atoms. The van der Waals surface area contributed by atoms with Gasteiger partial charge >= 0.3 is 5.97 Å². The van der Waals surface area contributed by atoms with Crippen molar-refractivity contribution < 1.29 is 24.6 Å². The molecule has 0 spiro atoms. The fraction of sp³-hybridized carbons (Fsp3) is 0.0588. The second-order valence-electron chi connectivity index (χ2n) is 5.13. The molecule has 1 aromatic carbocycles. The third kappa shape index (κ3) is 2.63. The lowest BCUT2D eigenvalue weighted by Crippen LogP contribution is -2.32. The first-order valence-electron chi connectivity index (χ1n) is 7.02. The number of aliphatic hydroxyl groups excluding tert-OH is 1. The molecule has 0 saturated heterocycles. The molecule has 0 fully saturated rings. The van der Waals surface area contributed by atoms with Crippen molar-refractivity contribution in [2.45, 2.75) is 0 Å². The molecule has 120 valence electrons. The number of nitrogens with zero attached hydrogens (tertiary/aromatic N) is 1. The number of carbonyl (C=O) groups excluding carboxylic acids is 2. The summed E-state index contributed by atoms with van der Waals surface area (Å²) < 4.78 is 0. The highest BCUT2D eigenvalue weighted by Crippen LogP contribution is 2.34. The Kier molecular flexibility index (Phi) is 3.83. The molecule has 7 nitrogen and oxygen atoms in total. The van der Waals surface area contributed by atoms with Crippen LogP contribution in [0.5, 0.6) is 0 Å². The third-order valence-corrected chi connectivity index (χ3v) is 3.61. The summed E-state index contributed by atoms with van der Waals surface area (Å²) >= 11 is 0. The number of fused-ring (bicyclic) bond motifs is 1. The Labute approximate surface area is 136 Å². The van der Waals surface area contributed by atoms with Crippen LogP contribution in [0.2, 0.25) is 0 Å². The van der Waals surface area contributed by atoms with Crippen LogP contribution in [0.1, 0.15) is 15.9 Å². The van der Waals surface area contributed by atoms with Gasteiger partial charge in [-0.1, -0.05) is 12.1 Å². The molecule has 0 radical (unpaired) electrons. The summed E-state index contributed by atoms with van der Waals surface area (Å²) in [5.74, 6) is -3.25. The number of ketones is 1. The van der Waals surface area contributed by atoms with Gasteiger partial charge < -0.3 is 15.5 Å². The van der Waals surface area contributed by atoms with E-state index in [0.29, 0.717) is 0 Å². The molecule has 3 rings (SSSR count). The van der Waals surface area contributed by atoms with Crippen LogP contribution in [0.3, 0.4) is 0 Å². The van der Waals surface area contributed by atoms with E-state index in [2.05, 4.69) is 10.3 Å². The molecular formula is C17H12N2O5. The first-order valence-corrected chi connectivity index (χ1v) is 7.02. The maximum Gasteiger partial charge on any atom is 0.322 e. The van der Waals surface area contributed by atoms with Crippen LogP contribution in [0, 0.1) is 0 Å². The maximum absolute atomic E-state index is 12.3. The molecule has 1 aromatic heterocycles. The molecule has 7 heteroatoms. The lowest BCUT2D eigenvalue weighted by atomic mass is 10.0. The Morgan fingerprint density at radius 2 is 1.92 bits per heavy atom. The number of hydrogen-bond donors (Lipinski definition) is 3. The van der Waals surface area contributed by atoms with E-state index < -0.39 is 35.5 Å². The zero-order chi connectivity index (χ0) is 17.3. The Morgan fingerprint density at radius 1 is 1.12 bits per heavy atom. The number of hydrogen-bond acceptors (Lipinski definition) is 5. The van der Waals surface area contributed by atoms with Gasteiger partial charge in [0.1, 0.15) is 17.9 Å². The highest BCUT2D eigenvalue weighted by atomic mass is 16.4. The Bertz CT molecular complexity index is 887. The number of benzene rings is 1. The number of rotatable bonds is 4. The zero-order valence-corrected chi connectivity index (χ0v) is 12.3. The van der Waals surface area contributed by atoms with Crippen LogP contribution in [0.15, 0.2) is 48.3 Å². The molecular weight excluding hydrogens is 312 g/mol. The van der Waals surface area contributed by atoms with E-state index in [1.54, 1.807) is 30.6 Å². The molecule has 0 unspecified atom stereocenters. The highest BCUT2D eigenvalue weighted by molar-refractivity contribution is 6.34. The van der Waals surface area contributed by atoms with Crippen LogP contribution < -0.4 is 5.32 Å². The van der Waals surface area contributed by atoms with Crippen molar-refractivity contribution in [3.8, 4) is 11.1 Å². The monoisotopic (exact) mass is 324 g/mol. The quantitative estimate of drug-likeness (QED) is 0.732. The van der Waals surface area contributed by atoms with Crippen LogP contribution >= 0.6 is 0 Å². The number of aliphatic carboxylic acids is 1. The zero-order valence-electron chi connectivity index (χ0n) is 12.3. The van der Waals surface area contributed by atoms with Crippen molar-refractivity contribution in [1.82, 2.24) is 10.3 Å². The average Bonchev–Trinajstić information content (AvgIpc) is 2.84. The molecule has 1 aliphatic carbocycles. The predicted molar refractivity (Wildman–Crippen MR) is 84.2 cm³/mol. The summed E-state index contributed by atoms with van der Waals surface area (Å²) in [5.41, 5.74) is 1.51. The van der Waals surface area contributed by atoms with E-state index in [0.717, 1.165) is 11.1 Å². The molecule has 0 atom stereocenters. The number of carboxylic acids is 1. The first-order chi connectivity index (χ1) is 11.5. The Balaban J connectivity index is 1.98. The van der Waals surface area contributed by atoms with Gasteiger partial charge in [-0.15, -0.1) is 0 Å². The second kappa shape index (κ2) is 5.96. The van der Waals surface area contributed by atoms with Crippen LogP contribution in [-0.4, -0.2) is 39.4 Å². The summed E-state index contributed by atoms with van der Waals surface area (Å²) in [7, 11) is 0. The van der Waals surface area contributed by atoms with Gasteiger partial charge in [0, 0.05) is 29.1 Å². The van der Waals surface area contributed by atoms with Gasteiger partial charge in [-0.25, -0.2) is 0 Å². The van der Waals surface area contributed by atoms with Gasteiger partial charge in [-0.3, -0.25) is 19.4 Å². The normalized spacial score (nSPS) is 12.9. The number of aromatic nitrogens is 1. The molecule has 24 heavy (non-hydrogen) atoms. The minimum atomic E-state index is -1.25. The van der Waals surface area contributed by atoms with Crippen molar-refractivity contribution >= 4 is 23.4 Å². The van der Waals surface area contributed by atoms with Crippen molar-refractivity contribution in [2.24, 2.45) is 0 Å². The molecule has 0 saturated carbocycles. The summed E-state index contributed by atoms with van der Waals surface area (Å²) in [5, 5.41) is 20.9. The first kappa shape index (κ1) is 15.4. The van der Waals surface area contributed by atoms with Gasteiger partial charge in [0.25, 0.3) is 5.91 Å². The van der Waals surface area contributed by atoms with Crippen molar-refractivity contribution in [1.29, 1.82) is 0 Å². The number of nitrogens with one attached hydrogen (secondary N) is 1. The van der Waals surface area contributed by atoms with Crippen molar-refractivity contribution in [3.63, 3.8) is 0 Å². The van der Waals surface area contributed by atoms with Gasteiger partial charge in [0.15, 0.2) is 0 Å². The lowest BCUT2D eigenvalue weighted by Gasteiger charge is -2.04. The molecule has 1 heterocycles. The number of pyridine rings is 1. The van der Waals surface area contributed by atoms with E-state index in [-0.39, 0.29) is 11.1 Å². The van der Waals surface area contributed by atoms with Gasteiger partial charge in [0.05, 0.1) is 0 Å². The fourth-order valence-electron chi connectivity index (χ4n) is 2.48. The van der Waals surface area contributed by atoms with Crippen molar-refractivity contribution in [3.05, 3.63) is 59.4 Å². The Hall–Kier alpha value is -3.48. The SMILES string of the molecule is O=C(O)CNC(=O)C1=C(O)c2cc(-c3cccnc3)ccc2C1=O. The summed E-state index contributed by atoms with van der Waals surface area (Å²) in [6.07, 6.45) is 3.27. The largest absolute Gasteiger partial charge is 0.506 e. The van der Waals surface area contributed by atoms with Crippen LogP contribution in [-0.2, 0) is 9.59 Å². The summed E-state index contributed by atoms with van der Waals surface area (Å²) in [6.45, 7) is -0.639. The minimum Gasteiger partial charge on any atom is -0.506 e. The summed E-state index contributed by atoms with van der Waals surface area (Å²) in [6, 6.07) is 8.39. The lowest BCUT2D eigenvalue weighted by molar-refractivity contribution is -0.137. The number of aliphatic hydroxyl groups is 1. The van der Waals surface area contributed by atoms with E-state index in [4.69, 9.17) is 5.11 Å². The predicted octanol–water partition coefficient (Wildman–Crippen LogP) is 1.41. The number of amides is 1. The molecule has 1 aliphatic rings. The third-order valence-electron chi connectivity index (χ3n) is 3.61. The van der Waals surface area contributed by atoms with Crippen molar-refractivity contribution in [2.75, 3.05) is 6.54 Å². The smallest absolute Gasteiger partial charge is 0.322 e. The van der Waals surface area contributed by atoms with E-state index in [1.807, 2.05) is 6.07 Å². The number of carbonyl (C=O) groups is 3. The van der Waals surface area contributed by atoms with Crippen LogP contribution in [0.4, 0.5) is 0 Å². The molecule has 1 amide bonds.